The maximum Gasteiger partial charge on any atom is 0.422 e. The molecule has 0 amide bonds. The number of halogens is 6. The first-order chi connectivity index (χ1) is 31.6. The first-order valence-electron chi connectivity index (χ1n) is 19.7. The maximum atomic E-state index is 13.5. The van der Waals surface area contributed by atoms with E-state index in [9.17, 15) is 55.7 Å². The summed E-state index contributed by atoms with van der Waals surface area (Å²) in [5, 5.41) is 22.7. The summed E-state index contributed by atoms with van der Waals surface area (Å²) < 4.78 is 106. The van der Waals surface area contributed by atoms with Crippen molar-refractivity contribution in [3.8, 4) is 34.5 Å². The first kappa shape index (κ1) is 50.4. The second kappa shape index (κ2) is 22.0. The molecule has 0 saturated heterocycles. The monoisotopic (exact) mass is 937 g/mol. The molecule has 1 unspecified atom stereocenters. The highest BCUT2D eigenvalue weighted by Gasteiger charge is 2.41. The number of benzene rings is 5. The zero-order valence-corrected chi connectivity index (χ0v) is 35.4. The summed E-state index contributed by atoms with van der Waals surface area (Å²) >= 11 is 0. The molecule has 0 aliphatic rings. The number of carbonyl (C=O) groups is 4. The largest absolute Gasteiger partial charge is 0.493 e. The zero-order chi connectivity index (χ0) is 48.9. The second-order valence-corrected chi connectivity index (χ2v) is 14.5. The lowest BCUT2D eigenvalue weighted by molar-refractivity contribution is -0.199. The summed E-state index contributed by atoms with van der Waals surface area (Å²) in [7, 11) is 2.57. The van der Waals surface area contributed by atoms with Crippen LogP contribution in [0.4, 0.5) is 32.0 Å². The lowest BCUT2D eigenvalue weighted by Crippen LogP contribution is -2.46. The average molecular weight is 938 g/mol. The predicted molar refractivity (Wildman–Crippen MR) is 230 cm³/mol. The molecule has 0 radical (unpaired) electrons. The lowest BCUT2D eigenvalue weighted by Gasteiger charge is -2.28. The smallest absolute Gasteiger partial charge is 0.422 e. The van der Waals surface area contributed by atoms with E-state index in [4.69, 9.17) is 24.7 Å². The molecule has 5 aromatic rings. The molecule has 1 atom stereocenters. The fraction of sp³-hybridized carbons (Fsp3) is 0.208. The number of rotatable bonds is 20. The van der Waals surface area contributed by atoms with Crippen LogP contribution in [0.3, 0.4) is 0 Å². The summed E-state index contributed by atoms with van der Waals surface area (Å²) in [5.74, 6) is -8.18. The molecule has 0 bridgehead atoms. The highest BCUT2D eigenvalue weighted by Crippen LogP contribution is 2.33. The Morgan fingerprint density at radius 3 is 1.45 bits per heavy atom. The van der Waals surface area contributed by atoms with Gasteiger partial charge in [-0.1, -0.05) is 36.4 Å². The van der Waals surface area contributed by atoms with E-state index in [0.717, 1.165) is 12.2 Å². The zero-order valence-electron chi connectivity index (χ0n) is 35.4. The predicted octanol–water partition coefficient (Wildman–Crippen LogP) is 8.40. The van der Waals surface area contributed by atoms with Crippen LogP contribution in [0.25, 0.3) is 12.2 Å². The number of alkyl halides is 6. The van der Waals surface area contributed by atoms with Crippen LogP contribution in [0.1, 0.15) is 43.8 Å². The third-order valence-electron chi connectivity index (χ3n) is 9.50. The van der Waals surface area contributed by atoms with Gasteiger partial charge < -0.3 is 44.4 Å². The molecule has 13 nitrogen and oxygen atoms in total. The number of allylic oxidation sites excluding steroid dienone is 1. The minimum Gasteiger partial charge on any atom is -0.493 e. The minimum absolute atomic E-state index is 0.00554. The van der Waals surface area contributed by atoms with Crippen molar-refractivity contribution < 1.29 is 84.2 Å². The van der Waals surface area contributed by atoms with Crippen molar-refractivity contribution in [1.29, 1.82) is 0 Å². The van der Waals surface area contributed by atoms with Crippen LogP contribution >= 0.6 is 0 Å². The van der Waals surface area contributed by atoms with E-state index in [-0.39, 0.29) is 52.0 Å². The van der Waals surface area contributed by atoms with Crippen molar-refractivity contribution in [2.24, 2.45) is 5.92 Å². The molecular weight excluding hydrogens is 897 g/mol. The molecule has 0 spiro atoms. The lowest BCUT2D eigenvalue weighted by atomic mass is 9.84. The number of carbonyl (C=O) groups excluding carboxylic acids is 4. The van der Waals surface area contributed by atoms with Gasteiger partial charge in [-0.2, -0.15) is 26.3 Å². The van der Waals surface area contributed by atoms with E-state index in [2.05, 4.69) is 9.47 Å². The number of hydrogen-bond acceptors (Lipinski definition) is 13. The summed E-state index contributed by atoms with van der Waals surface area (Å²) in [6.07, 6.45) is -5.10. The van der Waals surface area contributed by atoms with Gasteiger partial charge in [-0.05, 0) is 120 Å². The molecule has 19 heteroatoms. The van der Waals surface area contributed by atoms with Gasteiger partial charge in [-0.25, -0.2) is 9.59 Å². The first-order valence-corrected chi connectivity index (χ1v) is 19.7. The van der Waals surface area contributed by atoms with E-state index in [0.29, 0.717) is 22.4 Å². The fourth-order valence-electron chi connectivity index (χ4n) is 6.06. The Bertz CT molecular complexity index is 2590. The van der Waals surface area contributed by atoms with Crippen LogP contribution in [-0.4, -0.2) is 79.3 Å². The molecule has 0 heterocycles. The summed E-state index contributed by atoms with van der Waals surface area (Å²) in [6.45, 7) is -3.02. The standard InChI is InChI=1S/C48H41F6NO12/c1-62-41-24-30(6-20-39(41)66-44(58)32-9-16-37(17-10-32)64-27-46(49,50)51)5-15-36(56)26-34(23-29-3-13-35(55)14-4-29)48(60,61)43(57)22-8-31-7-21-40(42(25-31)63-2)67-45(59)33-11-18-38(19-12-33)65-28-47(52,53)54/h3-22,24-25,34,60-61H,23,26-28,55H2,1-2H3/b15-5+,22-8+. The van der Waals surface area contributed by atoms with Crippen molar-refractivity contribution in [2.75, 3.05) is 33.2 Å². The maximum absolute atomic E-state index is 13.5. The van der Waals surface area contributed by atoms with Crippen LogP contribution in [0.2, 0.25) is 0 Å². The molecule has 0 aromatic heterocycles. The number of methoxy groups -OCH3 is 2. The molecule has 5 aromatic carbocycles. The molecule has 352 valence electrons. The van der Waals surface area contributed by atoms with Gasteiger partial charge in [0.25, 0.3) is 0 Å². The number of nitrogens with two attached hydrogens (primary N) is 1. The van der Waals surface area contributed by atoms with Crippen molar-refractivity contribution in [3.63, 3.8) is 0 Å². The van der Waals surface area contributed by atoms with Gasteiger partial charge in [-0.3, -0.25) is 9.59 Å². The van der Waals surface area contributed by atoms with E-state index in [1.54, 1.807) is 24.3 Å². The van der Waals surface area contributed by atoms with E-state index < -0.39 is 67.2 Å². The second-order valence-electron chi connectivity index (χ2n) is 14.5. The Hall–Kier alpha value is -7.64. The Kier molecular flexibility index (Phi) is 16.6. The number of ether oxygens (including phenoxy) is 6. The third kappa shape index (κ3) is 15.2. The van der Waals surface area contributed by atoms with Gasteiger partial charge >= 0.3 is 24.3 Å². The van der Waals surface area contributed by atoms with Crippen LogP contribution in [0.5, 0.6) is 34.5 Å². The molecule has 4 N–H and O–H groups in total. The molecular formula is C48H41F6NO12. The minimum atomic E-state index is -4.55. The number of anilines is 1. The molecule has 5 rings (SSSR count). The van der Waals surface area contributed by atoms with E-state index in [1.807, 2.05) is 0 Å². The number of esters is 2. The molecule has 0 aliphatic carbocycles. The topological polar surface area (TPSA) is 190 Å². The van der Waals surface area contributed by atoms with Gasteiger partial charge in [0.05, 0.1) is 25.3 Å². The van der Waals surface area contributed by atoms with Crippen LogP contribution in [-0.2, 0) is 16.0 Å². The van der Waals surface area contributed by atoms with E-state index >= 15 is 0 Å². The molecule has 0 aliphatic heterocycles. The average Bonchev–Trinajstić information content (AvgIpc) is 3.29. The normalized spacial score (nSPS) is 12.4. The van der Waals surface area contributed by atoms with Crippen molar-refractivity contribution in [1.82, 2.24) is 0 Å². The number of ketones is 2. The van der Waals surface area contributed by atoms with Gasteiger partial charge in [0.2, 0.25) is 11.6 Å². The van der Waals surface area contributed by atoms with E-state index in [1.165, 1.54) is 111 Å². The van der Waals surface area contributed by atoms with Crippen molar-refractivity contribution >= 4 is 41.3 Å². The fourth-order valence-corrected chi connectivity index (χ4v) is 6.06. The van der Waals surface area contributed by atoms with Crippen molar-refractivity contribution in [3.05, 3.63) is 149 Å². The van der Waals surface area contributed by atoms with Crippen molar-refractivity contribution in [2.45, 2.75) is 31.0 Å². The Morgan fingerprint density at radius 1 is 0.597 bits per heavy atom. The van der Waals surface area contributed by atoms with Crippen LogP contribution < -0.4 is 34.2 Å². The Balaban J connectivity index is 1.25. The molecule has 67 heavy (non-hydrogen) atoms. The van der Waals surface area contributed by atoms with Gasteiger partial charge in [0.15, 0.2) is 42.0 Å². The summed E-state index contributed by atoms with van der Waals surface area (Å²) in [5.41, 5.74) is 7.45. The van der Waals surface area contributed by atoms with Gasteiger partial charge in [0, 0.05) is 18.0 Å². The Morgan fingerprint density at radius 2 is 1.03 bits per heavy atom. The summed E-state index contributed by atoms with van der Waals surface area (Å²) in [4.78, 5) is 52.4. The number of aliphatic hydroxyl groups is 2. The summed E-state index contributed by atoms with van der Waals surface area (Å²) in [6, 6.07) is 24.3. The highest BCUT2D eigenvalue weighted by atomic mass is 19.4. The highest BCUT2D eigenvalue weighted by molar-refractivity contribution is 6.00. The molecule has 0 saturated carbocycles. The number of nitrogen functional groups attached to an aromatic ring is 1. The SMILES string of the molecule is COc1cc(/C=C/C(=O)CC(Cc2ccc(N)cc2)C(O)(O)C(=O)/C=C/c2ccc(OC(=O)c3ccc(OCC(F)(F)F)cc3)c(OC)c2)ccc1OC(=O)c1ccc(OCC(F)(F)F)cc1. The third-order valence-corrected chi connectivity index (χ3v) is 9.50. The quantitative estimate of drug-likeness (QED) is 0.0169. The number of hydrogen-bond donors (Lipinski definition) is 3. The van der Waals surface area contributed by atoms with Crippen LogP contribution in [0.15, 0.2) is 121 Å². The Labute approximate surface area is 378 Å². The van der Waals surface area contributed by atoms with Crippen LogP contribution in [0, 0.1) is 5.92 Å². The van der Waals surface area contributed by atoms with Gasteiger partial charge in [0.1, 0.15) is 11.5 Å². The van der Waals surface area contributed by atoms with Gasteiger partial charge in [-0.15, -0.1) is 0 Å². The molecule has 0 fully saturated rings.